The highest BCUT2D eigenvalue weighted by molar-refractivity contribution is 5.99. The van der Waals surface area contributed by atoms with Crippen LogP contribution in [0.3, 0.4) is 0 Å². The molecule has 5 nitrogen and oxygen atoms in total. The molecule has 0 rings (SSSR count). The molecule has 10 heavy (non-hydrogen) atoms. The van der Waals surface area contributed by atoms with Gasteiger partial charge >= 0.3 is 5.97 Å². The van der Waals surface area contributed by atoms with Crippen molar-refractivity contribution < 1.29 is 19.8 Å². The number of rotatable bonds is 2. The summed E-state index contributed by atoms with van der Waals surface area (Å²) in [6.45, 7) is 1.02. The molecule has 4 N–H and O–H groups in total. The van der Waals surface area contributed by atoms with Gasteiger partial charge in [-0.1, -0.05) is 0 Å². The second-order valence-corrected chi connectivity index (χ2v) is 1.62. The number of hydrogen-bond donors (Lipinski definition) is 3. The average Bonchev–Trinajstić information content (AvgIpc) is 1.84. The summed E-state index contributed by atoms with van der Waals surface area (Å²) in [5, 5.41) is 16.7. The fourth-order valence-electron chi connectivity index (χ4n) is 0.291. The molecule has 0 heterocycles. The van der Waals surface area contributed by atoms with E-state index in [0.29, 0.717) is 0 Å². The maximum atomic E-state index is 10.2. The first-order chi connectivity index (χ1) is 4.46. The average molecular weight is 145 g/mol. The molecule has 5 heteroatoms. The van der Waals surface area contributed by atoms with Gasteiger partial charge in [0.25, 0.3) is 0 Å². The van der Waals surface area contributed by atoms with E-state index >= 15 is 0 Å². The Morgan fingerprint density at radius 1 is 1.30 bits per heavy atom. The molecule has 56 valence electrons. The highest BCUT2D eigenvalue weighted by atomic mass is 16.4. The zero-order valence-electron chi connectivity index (χ0n) is 5.29. The normalized spacial score (nSPS) is 12.1. The van der Waals surface area contributed by atoms with Crippen LogP contribution >= 0.6 is 0 Å². The van der Waals surface area contributed by atoms with Gasteiger partial charge in [-0.3, -0.25) is 4.79 Å². The van der Waals surface area contributed by atoms with E-state index in [1.165, 1.54) is 0 Å². The highest BCUT2D eigenvalue weighted by Gasteiger charge is 2.12. The molecule has 0 amide bonds. The molecule has 0 radical (unpaired) electrons. The zero-order valence-corrected chi connectivity index (χ0v) is 5.29. The molecule has 0 aliphatic rings. The third kappa shape index (κ3) is 1.77. The van der Waals surface area contributed by atoms with Crippen LogP contribution in [-0.2, 0) is 9.59 Å². The fraction of sp³-hybridized carbons (Fsp3) is 0.200. The topological polar surface area (TPSA) is 101 Å². The minimum absolute atomic E-state index is 0.764. The third-order valence-corrected chi connectivity index (χ3v) is 0.819. The van der Waals surface area contributed by atoms with Crippen molar-refractivity contribution >= 4 is 11.8 Å². The third-order valence-electron chi connectivity index (χ3n) is 0.819. The second kappa shape index (κ2) is 2.86. The number of nitrogens with two attached hydrogens (primary N) is 1. The number of hydrogen-bond acceptors (Lipinski definition) is 4. The first-order valence-corrected chi connectivity index (χ1v) is 2.39. The summed E-state index contributed by atoms with van der Waals surface area (Å²) in [4.78, 5) is 20.2. The van der Waals surface area contributed by atoms with E-state index in [1.54, 1.807) is 0 Å². The Balaban J connectivity index is 4.67. The van der Waals surface area contributed by atoms with E-state index < -0.39 is 23.2 Å². The monoisotopic (exact) mass is 145 g/mol. The summed E-state index contributed by atoms with van der Waals surface area (Å²) in [7, 11) is 0. The van der Waals surface area contributed by atoms with Crippen LogP contribution in [0.4, 0.5) is 0 Å². The number of aliphatic carboxylic acids is 1. The van der Waals surface area contributed by atoms with Crippen molar-refractivity contribution in [2.24, 2.45) is 5.73 Å². The molecule has 0 unspecified atom stereocenters. The fourth-order valence-corrected chi connectivity index (χ4v) is 0.291. The number of carboxylic acids is 1. The van der Waals surface area contributed by atoms with Gasteiger partial charge in [0, 0.05) is 6.92 Å². The van der Waals surface area contributed by atoms with Gasteiger partial charge in [0.1, 0.15) is 0 Å². The van der Waals surface area contributed by atoms with Gasteiger partial charge in [0.05, 0.1) is 0 Å². The molecule has 0 aliphatic heterocycles. The van der Waals surface area contributed by atoms with Crippen molar-refractivity contribution in [1.82, 2.24) is 0 Å². The smallest absolute Gasteiger partial charge is 0.355 e. The molecular formula is C5H7NO4. The van der Waals surface area contributed by atoms with Crippen LogP contribution in [0.5, 0.6) is 0 Å². The predicted octanol–water partition coefficient (Wildman–Crippen LogP) is -0.612. The zero-order chi connectivity index (χ0) is 8.31. The summed E-state index contributed by atoms with van der Waals surface area (Å²) in [5.41, 5.74) is 3.94. The highest BCUT2D eigenvalue weighted by Crippen LogP contribution is 1.94. The molecule has 0 spiro atoms. The molecule has 0 aromatic rings. The minimum Gasteiger partial charge on any atom is -0.503 e. The number of carbonyl (C=O) groups excluding carboxylic acids is 1. The van der Waals surface area contributed by atoms with E-state index in [-0.39, 0.29) is 0 Å². The molecule has 0 fully saturated rings. The number of carboxylic acid groups (broad SMARTS) is 1. The molecular weight excluding hydrogens is 138 g/mol. The summed E-state index contributed by atoms with van der Waals surface area (Å²) in [6.07, 6.45) is 0. The predicted molar refractivity (Wildman–Crippen MR) is 32.2 cm³/mol. The second-order valence-electron chi connectivity index (χ2n) is 1.62. The van der Waals surface area contributed by atoms with Crippen molar-refractivity contribution in [3.05, 3.63) is 11.5 Å². The largest absolute Gasteiger partial charge is 0.503 e. The van der Waals surface area contributed by atoms with Crippen LogP contribution in [0.25, 0.3) is 0 Å². The number of aliphatic hydroxyl groups is 1. The van der Waals surface area contributed by atoms with Gasteiger partial charge in [-0.05, 0) is 0 Å². The van der Waals surface area contributed by atoms with Gasteiger partial charge < -0.3 is 15.9 Å². The molecule has 0 bridgehead atoms. The number of Topliss-reactive ketones (excluding diaryl/α,β-unsaturated/α-hetero) is 1. The van der Waals surface area contributed by atoms with E-state index in [4.69, 9.17) is 15.9 Å². The molecule has 0 aliphatic carbocycles. The van der Waals surface area contributed by atoms with Gasteiger partial charge in [0.2, 0.25) is 0 Å². The number of aliphatic hydroxyl groups excluding tert-OH is 1. The lowest BCUT2D eigenvalue weighted by Gasteiger charge is -1.95. The van der Waals surface area contributed by atoms with Crippen molar-refractivity contribution in [2.45, 2.75) is 6.92 Å². The lowest BCUT2D eigenvalue weighted by molar-refractivity contribution is -0.133. The Kier molecular flexibility index (Phi) is 2.43. The minimum atomic E-state index is -1.51. The molecule has 0 atom stereocenters. The standard InChI is InChI=1S/C5H7NO4/c1-2(7)4(8)3(6)5(9)10/h8H,6H2,1H3,(H,9,10)/b4-3+. The van der Waals surface area contributed by atoms with E-state index in [0.717, 1.165) is 6.92 Å². The first-order valence-electron chi connectivity index (χ1n) is 2.39. The number of ketones is 1. The van der Waals surface area contributed by atoms with E-state index in [9.17, 15) is 9.59 Å². The Morgan fingerprint density at radius 2 is 1.70 bits per heavy atom. The number of carbonyl (C=O) groups is 2. The lowest BCUT2D eigenvalue weighted by Crippen LogP contribution is -2.16. The molecule has 0 aromatic heterocycles. The summed E-state index contributed by atoms with van der Waals surface area (Å²) in [6, 6.07) is 0. The number of allylic oxidation sites excluding steroid dienone is 1. The maximum absolute atomic E-state index is 10.2. The van der Waals surface area contributed by atoms with Crippen molar-refractivity contribution in [2.75, 3.05) is 0 Å². The van der Waals surface area contributed by atoms with Crippen LogP contribution in [0.1, 0.15) is 6.92 Å². The Bertz CT molecular complexity index is 184. The first kappa shape index (κ1) is 8.48. The van der Waals surface area contributed by atoms with Crippen molar-refractivity contribution in [3.8, 4) is 0 Å². The van der Waals surface area contributed by atoms with Gasteiger partial charge in [-0.2, -0.15) is 0 Å². The van der Waals surface area contributed by atoms with Gasteiger partial charge in [-0.15, -0.1) is 0 Å². The van der Waals surface area contributed by atoms with Gasteiger partial charge in [0.15, 0.2) is 17.2 Å². The summed E-state index contributed by atoms with van der Waals surface area (Å²) >= 11 is 0. The quantitative estimate of drug-likeness (QED) is 0.355. The van der Waals surface area contributed by atoms with E-state index in [1.807, 2.05) is 0 Å². The molecule has 0 saturated carbocycles. The van der Waals surface area contributed by atoms with Crippen LogP contribution in [-0.4, -0.2) is 22.0 Å². The van der Waals surface area contributed by atoms with E-state index in [2.05, 4.69) is 0 Å². The maximum Gasteiger partial charge on any atom is 0.355 e. The Hall–Kier alpha value is -1.52. The SMILES string of the molecule is CC(=O)/C(O)=C(\N)C(=O)O. The lowest BCUT2D eigenvalue weighted by atomic mass is 10.3. The van der Waals surface area contributed by atoms with Gasteiger partial charge in [-0.25, -0.2) is 4.79 Å². The summed E-state index contributed by atoms with van der Waals surface area (Å²) < 4.78 is 0. The Labute approximate surface area is 56.8 Å². The van der Waals surface area contributed by atoms with Crippen LogP contribution in [0.15, 0.2) is 11.5 Å². The van der Waals surface area contributed by atoms with Crippen molar-refractivity contribution in [1.29, 1.82) is 0 Å². The molecule has 0 saturated heterocycles. The molecule has 0 aromatic carbocycles. The van der Waals surface area contributed by atoms with Crippen LogP contribution in [0.2, 0.25) is 0 Å². The van der Waals surface area contributed by atoms with Crippen LogP contribution in [0, 0.1) is 0 Å². The summed E-state index contributed by atoms with van der Waals surface area (Å²) in [5.74, 6) is -3.18. The Morgan fingerprint density at radius 3 is 1.80 bits per heavy atom. The van der Waals surface area contributed by atoms with Crippen molar-refractivity contribution in [3.63, 3.8) is 0 Å². The van der Waals surface area contributed by atoms with Crippen LogP contribution < -0.4 is 5.73 Å².